The predicted molar refractivity (Wildman–Crippen MR) is 79.0 cm³/mol. The fourth-order valence-electron chi connectivity index (χ4n) is 2.84. The zero-order valence-electron chi connectivity index (χ0n) is 11.1. The van der Waals surface area contributed by atoms with Crippen LogP contribution in [0.3, 0.4) is 0 Å². The number of anilines is 2. The summed E-state index contributed by atoms with van der Waals surface area (Å²) in [6.45, 7) is 0.932. The molecule has 1 saturated carbocycles. The average Bonchev–Trinajstić information content (AvgIpc) is 2.92. The average molecular weight is 256 g/mol. The van der Waals surface area contributed by atoms with Crippen LogP contribution in [0.1, 0.15) is 32.1 Å². The number of aromatic nitrogens is 2. The van der Waals surface area contributed by atoms with E-state index in [1.807, 2.05) is 24.3 Å². The molecule has 0 unspecified atom stereocenters. The van der Waals surface area contributed by atoms with E-state index >= 15 is 0 Å². The number of nitrogens with zero attached hydrogens (tertiary/aromatic N) is 2. The van der Waals surface area contributed by atoms with Crippen LogP contribution in [-0.4, -0.2) is 16.5 Å². The number of rotatable bonds is 4. The third-order valence-corrected chi connectivity index (χ3v) is 3.92. The second-order valence-electron chi connectivity index (χ2n) is 5.31. The van der Waals surface area contributed by atoms with Gasteiger partial charge in [0.2, 0.25) is 0 Å². The molecule has 100 valence electrons. The van der Waals surface area contributed by atoms with E-state index in [1.54, 1.807) is 0 Å². The minimum Gasteiger partial charge on any atom is -0.381 e. The molecule has 1 aliphatic carbocycles. The first-order valence-electron chi connectivity index (χ1n) is 7.09. The maximum absolute atomic E-state index is 5.94. The van der Waals surface area contributed by atoms with Crippen molar-refractivity contribution < 1.29 is 0 Å². The molecule has 1 aromatic carbocycles. The SMILES string of the molecule is Nc1nc2ccccc2nc1NCCC1CCCC1. The molecular formula is C15H20N4. The standard InChI is InChI=1S/C15H20N4/c16-14-15(17-10-9-11-5-1-2-6-11)19-13-8-4-3-7-12(13)18-14/h3-4,7-8,11H,1-2,5-6,9-10H2,(H2,16,18)(H,17,19). The van der Waals surface area contributed by atoms with Gasteiger partial charge in [-0.05, 0) is 24.5 Å². The molecule has 1 aromatic heterocycles. The molecule has 0 aliphatic heterocycles. The zero-order chi connectivity index (χ0) is 13.1. The highest BCUT2D eigenvalue weighted by Gasteiger charge is 2.14. The summed E-state index contributed by atoms with van der Waals surface area (Å²) in [5, 5.41) is 3.33. The van der Waals surface area contributed by atoms with E-state index in [2.05, 4.69) is 15.3 Å². The van der Waals surface area contributed by atoms with Gasteiger partial charge < -0.3 is 11.1 Å². The van der Waals surface area contributed by atoms with E-state index in [0.717, 1.165) is 29.3 Å². The van der Waals surface area contributed by atoms with Gasteiger partial charge in [-0.25, -0.2) is 9.97 Å². The molecule has 1 aliphatic rings. The Morgan fingerprint density at radius 1 is 1.11 bits per heavy atom. The Balaban J connectivity index is 1.67. The summed E-state index contributed by atoms with van der Waals surface area (Å²) in [4.78, 5) is 8.92. The van der Waals surface area contributed by atoms with Crippen LogP contribution < -0.4 is 11.1 Å². The second-order valence-corrected chi connectivity index (χ2v) is 5.31. The Bertz CT molecular complexity index is 561. The molecule has 0 saturated heterocycles. The molecule has 1 fully saturated rings. The normalized spacial score (nSPS) is 16.0. The van der Waals surface area contributed by atoms with Gasteiger partial charge in [0.05, 0.1) is 11.0 Å². The highest BCUT2D eigenvalue weighted by molar-refractivity contribution is 5.79. The Kier molecular flexibility index (Phi) is 3.49. The van der Waals surface area contributed by atoms with E-state index < -0.39 is 0 Å². The van der Waals surface area contributed by atoms with E-state index in [0.29, 0.717) is 5.82 Å². The molecule has 4 nitrogen and oxygen atoms in total. The highest BCUT2D eigenvalue weighted by Crippen LogP contribution is 2.27. The summed E-state index contributed by atoms with van der Waals surface area (Å²) >= 11 is 0. The van der Waals surface area contributed by atoms with Crippen molar-refractivity contribution in [3.05, 3.63) is 24.3 Å². The summed E-state index contributed by atoms with van der Waals surface area (Å²) in [5.41, 5.74) is 7.68. The Labute approximate surface area is 113 Å². The molecule has 2 aromatic rings. The number of nitrogens with one attached hydrogen (secondary N) is 1. The zero-order valence-corrected chi connectivity index (χ0v) is 11.1. The van der Waals surface area contributed by atoms with Gasteiger partial charge in [0, 0.05) is 6.54 Å². The lowest BCUT2D eigenvalue weighted by atomic mass is 10.0. The van der Waals surface area contributed by atoms with Crippen molar-refractivity contribution in [2.75, 3.05) is 17.6 Å². The number of para-hydroxylation sites is 2. The summed E-state index contributed by atoms with van der Waals surface area (Å²) in [6.07, 6.45) is 6.74. The van der Waals surface area contributed by atoms with E-state index in [9.17, 15) is 0 Å². The molecule has 3 rings (SSSR count). The van der Waals surface area contributed by atoms with Crippen LogP contribution in [0.4, 0.5) is 11.6 Å². The molecule has 0 atom stereocenters. The molecule has 0 radical (unpaired) electrons. The summed E-state index contributed by atoms with van der Waals surface area (Å²) < 4.78 is 0. The molecule has 0 amide bonds. The van der Waals surface area contributed by atoms with Crippen molar-refractivity contribution in [1.29, 1.82) is 0 Å². The highest BCUT2D eigenvalue weighted by atomic mass is 15.1. The molecule has 19 heavy (non-hydrogen) atoms. The van der Waals surface area contributed by atoms with E-state index in [-0.39, 0.29) is 0 Å². The molecule has 0 bridgehead atoms. The van der Waals surface area contributed by atoms with Crippen LogP contribution >= 0.6 is 0 Å². The quantitative estimate of drug-likeness (QED) is 0.881. The fourth-order valence-corrected chi connectivity index (χ4v) is 2.84. The maximum atomic E-state index is 5.94. The lowest BCUT2D eigenvalue weighted by Gasteiger charge is -2.11. The minimum absolute atomic E-state index is 0.491. The number of nitrogen functional groups attached to an aromatic ring is 1. The van der Waals surface area contributed by atoms with Crippen molar-refractivity contribution in [3.8, 4) is 0 Å². The topological polar surface area (TPSA) is 63.8 Å². The molecular weight excluding hydrogens is 236 g/mol. The number of hydrogen-bond donors (Lipinski definition) is 2. The minimum atomic E-state index is 0.491. The summed E-state index contributed by atoms with van der Waals surface area (Å²) in [5.74, 6) is 2.09. The lowest BCUT2D eigenvalue weighted by molar-refractivity contribution is 0.518. The third-order valence-electron chi connectivity index (χ3n) is 3.92. The van der Waals surface area contributed by atoms with Crippen molar-refractivity contribution in [3.63, 3.8) is 0 Å². The second kappa shape index (κ2) is 5.43. The smallest absolute Gasteiger partial charge is 0.169 e. The summed E-state index contributed by atoms with van der Waals surface area (Å²) in [6, 6.07) is 7.81. The third kappa shape index (κ3) is 2.78. The van der Waals surface area contributed by atoms with Crippen LogP contribution in [0.15, 0.2) is 24.3 Å². The predicted octanol–water partition coefficient (Wildman–Crippen LogP) is 3.20. The van der Waals surface area contributed by atoms with Crippen LogP contribution in [-0.2, 0) is 0 Å². The van der Waals surface area contributed by atoms with Crippen molar-refractivity contribution >= 4 is 22.7 Å². The largest absolute Gasteiger partial charge is 0.381 e. The van der Waals surface area contributed by atoms with Gasteiger partial charge in [0.25, 0.3) is 0 Å². The summed E-state index contributed by atoms with van der Waals surface area (Å²) in [7, 11) is 0. The van der Waals surface area contributed by atoms with Gasteiger partial charge in [-0.3, -0.25) is 0 Å². The Morgan fingerprint density at radius 2 is 1.79 bits per heavy atom. The lowest BCUT2D eigenvalue weighted by Crippen LogP contribution is -2.10. The van der Waals surface area contributed by atoms with E-state index in [1.165, 1.54) is 32.1 Å². The Hall–Kier alpha value is -1.84. The van der Waals surface area contributed by atoms with Gasteiger partial charge in [-0.2, -0.15) is 0 Å². The van der Waals surface area contributed by atoms with E-state index in [4.69, 9.17) is 5.73 Å². The van der Waals surface area contributed by atoms with Gasteiger partial charge in [0.15, 0.2) is 11.6 Å². The molecule has 1 heterocycles. The van der Waals surface area contributed by atoms with Crippen molar-refractivity contribution in [2.24, 2.45) is 5.92 Å². The first-order chi connectivity index (χ1) is 9.33. The number of fused-ring (bicyclic) bond motifs is 1. The molecule has 0 spiro atoms. The van der Waals surface area contributed by atoms with Crippen LogP contribution in [0, 0.1) is 5.92 Å². The van der Waals surface area contributed by atoms with Crippen molar-refractivity contribution in [1.82, 2.24) is 9.97 Å². The van der Waals surface area contributed by atoms with Crippen LogP contribution in [0.5, 0.6) is 0 Å². The van der Waals surface area contributed by atoms with Crippen LogP contribution in [0.25, 0.3) is 11.0 Å². The van der Waals surface area contributed by atoms with Gasteiger partial charge in [-0.1, -0.05) is 37.8 Å². The maximum Gasteiger partial charge on any atom is 0.169 e. The Morgan fingerprint density at radius 3 is 2.53 bits per heavy atom. The monoisotopic (exact) mass is 256 g/mol. The molecule has 4 heteroatoms. The number of nitrogens with two attached hydrogens (primary N) is 1. The first kappa shape index (κ1) is 12.2. The van der Waals surface area contributed by atoms with Crippen molar-refractivity contribution in [2.45, 2.75) is 32.1 Å². The number of hydrogen-bond acceptors (Lipinski definition) is 4. The first-order valence-corrected chi connectivity index (χ1v) is 7.09. The number of benzene rings is 1. The van der Waals surface area contributed by atoms with Gasteiger partial charge >= 0.3 is 0 Å². The van der Waals surface area contributed by atoms with Crippen LogP contribution in [0.2, 0.25) is 0 Å². The van der Waals surface area contributed by atoms with Gasteiger partial charge in [-0.15, -0.1) is 0 Å². The fraction of sp³-hybridized carbons (Fsp3) is 0.467. The van der Waals surface area contributed by atoms with Gasteiger partial charge in [0.1, 0.15) is 0 Å². The molecule has 3 N–H and O–H groups in total.